The summed E-state index contributed by atoms with van der Waals surface area (Å²) < 4.78 is 1.67. The summed E-state index contributed by atoms with van der Waals surface area (Å²) in [4.78, 5) is 8.22. The Hall–Kier alpha value is -3.09. The Bertz CT molecular complexity index is 707. The van der Waals surface area contributed by atoms with Gasteiger partial charge in [-0.25, -0.2) is 9.98 Å². The Morgan fingerprint density at radius 1 is 1.29 bits per heavy atom. The number of aryl methyl sites for hydroxylation is 1. The van der Waals surface area contributed by atoms with Crippen LogP contribution in [0.2, 0.25) is 0 Å². The molecule has 0 spiro atoms. The number of aliphatic imine (C=N–C) groups is 1. The van der Waals surface area contributed by atoms with Crippen LogP contribution in [-0.2, 0) is 7.05 Å². The van der Waals surface area contributed by atoms with Crippen LogP contribution in [-0.4, -0.2) is 20.5 Å². The van der Waals surface area contributed by atoms with Crippen LogP contribution in [0.15, 0.2) is 54.2 Å². The molecule has 0 aliphatic carbocycles. The molecule has 0 bridgehead atoms. The zero-order valence-electron chi connectivity index (χ0n) is 11.7. The monoisotopic (exact) mass is 283 g/mol. The number of anilines is 1. The molecule has 7 nitrogen and oxygen atoms in total. The first kappa shape index (κ1) is 14.3. The number of aromatic nitrogens is 3. The number of nitrogen functional groups attached to an aromatic ring is 1. The lowest BCUT2D eigenvalue weighted by atomic mass is 10.1. The normalized spacial score (nSPS) is 12.4. The van der Waals surface area contributed by atoms with Crippen molar-refractivity contribution in [3.05, 3.63) is 60.3 Å². The third-order valence-corrected chi connectivity index (χ3v) is 2.68. The maximum Gasteiger partial charge on any atom is 0.123 e. The zero-order chi connectivity index (χ0) is 15.4. The summed E-state index contributed by atoms with van der Waals surface area (Å²) >= 11 is 0. The van der Waals surface area contributed by atoms with Gasteiger partial charge in [-0.15, -0.1) is 0 Å². The summed E-state index contributed by atoms with van der Waals surface area (Å²) in [5.74, 6) is 0.603. The van der Waals surface area contributed by atoms with E-state index in [2.05, 4.69) is 21.7 Å². The van der Waals surface area contributed by atoms with Gasteiger partial charge in [0.15, 0.2) is 0 Å². The van der Waals surface area contributed by atoms with Gasteiger partial charge in [0.2, 0.25) is 0 Å². The molecule has 0 fully saturated rings. The second kappa shape index (κ2) is 5.91. The summed E-state index contributed by atoms with van der Waals surface area (Å²) in [7, 11) is 1.82. The van der Waals surface area contributed by atoms with Gasteiger partial charge in [-0.05, 0) is 18.2 Å². The van der Waals surface area contributed by atoms with E-state index in [1.807, 2.05) is 13.2 Å². The molecule has 2 rings (SSSR count). The zero-order valence-corrected chi connectivity index (χ0v) is 11.7. The fraction of sp³-hybridized carbons (Fsp3) is 0.0714. The molecule has 0 aliphatic rings. The van der Waals surface area contributed by atoms with Crippen molar-refractivity contribution in [2.75, 3.05) is 5.73 Å². The second-order valence-electron chi connectivity index (χ2n) is 4.46. The molecule has 7 heteroatoms. The molecule has 21 heavy (non-hydrogen) atoms. The number of hydrogen-bond donors (Lipinski definition) is 3. The first-order valence-corrected chi connectivity index (χ1v) is 6.17. The molecule has 0 aromatic carbocycles. The lowest BCUT2D eigenvalue weighted by Gasteiger charge is -2.04. The van der Waals surface area contributed by atoms with E-state index in [1.54, 1.807) is 35.3 Å². The van der Waals surface area contributed by atoms with Crippen LogP contribution in [0, 0.1) is 0 Å². The Kier molecular flexibility index (Phi) is 4.03. The third kappa shape index (κ3) is 3.69. The van der Waals surface area contributed by atoms with Crippen LogP contribution in [0.4, 0.5) is 5.82 Å². The molecular formula is C14H17N7. The van der Waals surface area contributed by atoms with Crippen molar-refractivity contribution in [1.29, 1.82) is 0 Å². The molecule has 0 saturated carbocycles. The molecule has 2 aromatic rings. The van der Waals surface area contributed by atoms with E-state index in [1.165, 1.54) is 0 Å². The molecule has 2 aromatic heterocycles. The van der Waals surface area contributed by atoms with Crippen LogP contribution < -0.4 is 17.2 Å². The Balaban J connectivity index is 2.42. The van der Waals surface area contributed by atoms with Gasteiger partial charge in [0.1, 0.15) is 11.6 Å². The SMILES string of the molecule is C=C(N)N=C(/C=C(\N)c1cnn(C)c1)c1ccc(N)nc1. The molecule has 0 amide bonds. The van der Waals surface area contributed by atoms with Gasteiger partial charge >= 0.3 is 0 Å². The van der Waals surface area contributed by atoms with Crippen molar-refractivity contribution < 1.29 is 0 Å². The molecule has 2 heterocycles. The van der Waals surface area contributed by atoms with E-state index in [4.69, 9.17) is 17.2 Å². The largest absolute Gasteiger partial charge is 0.398 e. The minimum atomic E-state index is 0.178. The Labute approximate surface area is 122 Å². The number of hydrogen-bond acceptors (Lipinski definition) is 6. The third-order valence-electron chi connectivity index (χ3n) is 2.68. The number of nitrogens with two attached hydrogens (primary N) is 3. The fourth-order valence-electron chi connectivity index (χ4n) is 1.69. The van der Waals surface area contributed by atoms with Crippen molar-refractivity contribution in [2.24, 2.45) is 23.5 Å². The van der Waals surface area contributed by atoms with Gasteiger partial charge in [-0.3, -0.25) is 4.68 Å². The lowest BCUT2D eigenvalue weighted by molar-refractivity contribution is 0.767. The molecule has 6 N–H and O–H groups in total. The average Bonchev–Trinajstić information content (AvgIpc) is 2.85. The van der Waals surface area contributed by atoms with Crippen molar-refractivity contribution in [3.8, 4) is 0 Å². The second-order valence-corrected chi connectivity index (χ2v) is 4.46. The van der Waals surface area contributed by atoms with Crippen LogP contribution in [0.5, 0.6) is 0 Å². The van der Waals surface area contributed by atoms with Gasteiger partial charge in [0.05, 0.1) is 11.9 Å². The first-order chi connectivity index (χ1) is 9.95. The van der Waals surface area contributed by atoms with E-state index in [-0.39, 0.29) is 5.82 Å². The van der Waals surface area contributed by atoms with E-state index in [0.29, 0.717) is 17.2 Å². The molecule has 0 radical (unpaired) electrons. The quantitative estimate of drug-likeness (QED) is 0.710. The van der Waals surface area contributed by atoms with Crippen LogP contribution in [0.3, 0.4) is 0 Å². The topological polar surface area (TPSA) is 121 Å². The highest BCUT2D eigenvalue weighted by molar-refractivity contribution is 6.12. The summed E-state index contributed by atoms with van der Waals surface area (Å²) in [6.45, 7) is 3.58. The van der Waals surface area contributed by atoms with Gasteiger partial charge in [0, 0.05) is 36.3 Å². The van der Waals surface area contributed by atoms with E-state index < -0.39 is 0 Å². The highest BCUT2D eigenvalue weighted by atomic mass is 15.2. The molecule has 108 valence electrons. The molecule has 0 aliphatic heterocycles. The van der Waals surface area contributed by atoms with E-state index >= 15 is 0 Å². The molecule has 0 unspecified atom stereocenters. The van der Waals surface area contributed by atoms with Crippen molar-refractivity contribution in [3.63, 3.8) is 0 Å². The Morgan fingerprint density at radius 3 is 2.57 bits per heavy atom. The first-order valence-electron chi connectivity index (χ1n) is 6.17. The Morgan fingerprint density at radius 2 is 2.05 bits per heavy atom. The fourth-order valence-corrected chi connectivity index (χ4v) is 1.69. The van der Waals surface area contributed by atoms with E-state index in [9.17, 15) is 0 Å². The van der Waals surface area contributed by atoms with Crippen molar-refractivity contribution >= 4 is 17.2 Å². The standard InChI is InChI=1S/C14H17N7/c1-9(15)20-13(10-3-4-14(17)18-6-10)5-12(16)11-7-19-21(2)8-11/h3-8H,1,15-16H2,2H3,(H2,17,18)/b12-5-,20-13?. The van der Waals surface area contributed by atoms with E-state index in [0.717, 1.165) is 11.1 Å². The summed E-state index contributed by atoms with van der Waals surface area (Å²) in [6.07, 6.45) is 6.77. The smallest absolute Gasteiger partial charge is 0.123 e. The van der Waals surface area contributed by atoms with Gasteiger partial charge in [0.25, 0.3) is 0 Å². The lowest BCUT2D eigenvalue weighted by Crippen LogP contribution is -2.06. The maximum absolute atomic E-state index is 6.06. The van der Waals surface area contributed by atoms with Crippen LogP contribution >= 0.6 is 0 Å². The molecular weight excluding hydrogens is 266 g/mol. The number of rotatable bonds is 4. The maximum atomic E-state index is 6.06. The summed E-state index contributed by atoms with van der Waals surface area (Å²) in [6, 6.07) is 3.47. The summed E-state index contributed by atoms with van der Waals surface area (Å²) in [5, 5.41) is 4.08. The minimum Gasteiger partial charge on any atom is -0.398 e. The molecule has 0 saturated heterocycles. The van der Waals surface area contributed by atoms with Crippen molar-refractivity contribution in [2.45, 2.75) is 0 Å². The summed E-state index contributed by atoms with van der Waals surface area (Å²) in [5.41, 5.74) is 19.8. The predicted octanol–water partition coefficient (Wildman–Crippen LogP) is 0.616. The van der Waals surface area contributed by atoms with Gasteiger partial charge < -0.3 is 17.2 Å². The predicted molar refractivity (Wildman–Crippen MR) is 83.9 cm³/mol. The van der Waals surface area contributed by atoms with Crippen LogP contribution in [0.25, 0.3) is 5.70 Å². The number of nitrogens with zero attached hydrogens (tertiary/aromatic N) is 4. The highest BCUT2D eigenvalue weighted by Gasteiger charge is 2.06. The highest BCUT2D eigenvalue weighted by Crippen LogP contribution is 2.11. The average molecular weight is 283 g/mol. The molecule has 0 atom stereocenters. The minimum absolute atomic E-state index is 0.178. The number of pyridine rings is 1. The van der Waals surface area contributed by atoms with Crippen molar-refractivity contribution in [1.82, 2.24) is 14.8 Å². The van der Waals surface area contributed by atoms with Gasteiger partial charge in [-0.1, -0.05) is 6.58 Å². The van der Waals surface area contributed by atoms with Crippen LogP contribution in [0.1, 0.15) is 11.1 Å². The van der Waals surface area contributed by atoms with Gasteiger partial charge in [-0.2, -0.15) is 5.10 Å². The number of allylic oxidation sites excluding steroid dienone is 1.